The second-order valence-corrected chi connectivity index (χ2v) is 4.22. The third-order valence-electron chi connectivity index (χ3n) is 2.62. The van der Waals surface area contributed by atoms with Gasteiger partial charge in [-0.25, -0.2) is 4.79 Å². The van der Waals surface area contributed by atoms with E-state index in [1.165, 1.54) is 18.5 Å². The summed E-state index contributed by atoms with van der Waals surface area (Å²) in [6, 6.07) is 5.23. The summed E-state index contributed by atoms with van der Waals surface area (Å²) in [6.07, 6.45) is 8.62. The number of rotatable bonds is 5. The van der Waals surface area contributed by atoms with Crippen LogP contribution in [0.4, 0.5) is 0 Å². The maximum absolute atomic E-state index is 12.0. The van der Waals surface area contributed by atoms with Gasteiger partial charge in [-0.2, -0.15) is 0 Å². The zero-order valence-corrected chi connectivity index (χ0v) is 11.1. The van der Waals surface area contributed by atoms with Crippen molar-refractivity contribution in [3.8, 4) is 0 Å². The number of nitrogens with one attached hydrogen (secondary N) is 1. The minimum absolute atomic E-state index is 0.281. The number of hydrogen-bond acceptors (Lipinski definition) is 4. The van der Waals surface area contributed by atoms with Gasteiger partial charge >= 0.3 is 5.97 Å². The number of aliphatic carboxylic acids is 1. The first-order valence-corrected chi connectivity index (χ1v) is 6.18. The molecule has 2 aromatic rings. The molecule has 0 atom stereocenters. The van der Waals surface area contributed by atoms with Crippen molar-refractivity contribution in [1.82, 2.24) is 15.3 Å². The van der Waals surface area contributed by atoms with E-state index in [1.807, 2.05) is 6.07 Å². The van der Waals surface area contributed by atoms with Crippen LogP contribution in [0.2, 0.25) is 0 Å². The van der Waals surface area contributed by atoms with E-state index in [2.05, 4.69) is 15.3 Å². The Kier molecular flexibility index (Phi) is 4.76. The van der Waals surface area contributed by atoms with Crippen LogP contribution in [0.15, 0.2) is 49.1 Å². The Balaban J connectivity index is 2.02. The molecule has 0 spiro atoms. The van der Waals surface area contributed by atoms with E-state index in [0.29, 0.717) is 17.7 Å². The highest BCUT2D eigenvalue weighted by Crippen LogP contribution is 2.05. The van der Waals surface area contributed by atoms with Crippen molar-refractivity contribution in [2.24, 2.45) is 0 Å². The molecule has 2 rings (SSSR count). The lowest BCUT2D eigenvalue weighted by Gasteiger charge is -2.05. The van der Waals surface area contributed by atoms with Crippen molar-refractivity contribution in [3.63, 3.8) is 0 Å². The van der Waals surface area contributed by atoms with Gasteiger partial charge in [0.05, 0.1) is 5.56 Å². The van der Waals surface area contributed by atoms with Gasteiger partial charge in [0.25, 0.3) is 5.91 Å². The topological polar surface area (TPSA) is 92.2 Å². The molecule has 0 aromatic carbocycles. The second kappa shape index (κ2) is 6.95. The number of nitrogens with zero attached hydrogens (tertiary/aromatic N) is 2. The van der Waals surface area contributed by atoms with E-state index in [1.54, 1.807) is 24.5 Å². The van der Waals surface area contributed by atoms with Gasteiger partial charge in [-0.05, 0) is 29.3 Å². The van der Waals surface area contributed by atoms with Gasteiger partial charge in [0, 0.05) is 37.4 Å². The average Bonchev–Trinajstić information content (AvgIpc) is 2.52. The Morgan fingerprint density at radius 2 is 2.10 bits per heavy atom. The number of aromatic nitrogens is 2. The highest BCUT2D eigenvalue weighted by atomic mass is 16.4. The molecule has 1 amide bonds. The van der Waals surface area contributed by atoms with Crippen LogP contribution in [-0.4, -0.2) is 27.0 Å². The molecule has 0 aliphatic carbocycles. The lowest BCUT2D eigenvalue weighted by molar-refractivity contribution is -0.131. The summed E-state index contributed by atoms with van der Waals surface area (Å²) < 4.78 is 0. The fraction of sp³-hybridized carbons (Fsp3) is 0.0667. The number of carbonyl (C=O) groups is 2. The van der Waals surface area contributed by atoms with Crippen molar-refractivity contribution in [2.45, 2.75) is 6.54 Å². The Bertz CT molecular complexity index is 669. The van der Waals surface area contributed by atoms with Crippen molar-refractivity contribution < 1.29 is 14.7 Å². The minimum Gasteiger partial charge on any atom is -0.478 e. The van der Waals surface area contributed by atoms with Crippen LogP contribution in [-0.2, 0) is 11.3 Å². The van der Waals surface area contributed by atoms with Crippen LogP contribution in [0.25, 0.3) is 6.08 Å². The van der Waals surface area contributed by atoms with Crippen molar-refractivity contribution in [3.05, 3.63) is 65.8 Å². The fourth-order valence-corrected chi connectivity index (χ4v) is 1.63. The maximum atomic E-state index is 12.0. The molecule has 106 valence electrons. The summed E-state index contributed by atoms with van der Waals surface area (Å²) in [5.41, 5.74) is 1.80. The minimum atomic E-state index is -1.05. The molecule has 0 saturated carbocycles. The lowest BCUT2D eigenvalue weighted by atomic mass is 10.2. The molecular formula is C15H13N3O3. The first kappa shape index (κ1) is 14.4. The van der Waals surface area contributed by atoms with Crippen LogP contribution in [0, 0.1) is 0 Å². The highest BCUT2D eigenvalue weighted by Gasteiger charge is 2.06. The van der Waals surface area contributed by atoms with Gasteiger partial charge in [0.1, 0.15) is 0 Å². The Morgan fingerprint density at radius 1 is 1.24 bits per heavy atom. The zero-order valence-electron chi connectivity index (χ0n) is 11.1. The summed E-state index contributed by atoms with van der Waals surface area (Å²) >= 11 is 0. The molecule has 0 bridgehead atoms. The van der Waals surface area contributed by atoms with Crippen LogP contribution in [0.3, 0.4) is 0 Å². The monoisotopic (exact) mass is 283 g/mol. The Hall–Kier alpha value is -3.02. The standard InChI is InChI=1S/C15H13N3O3/c19-14(20)4-3-11-6-13(10-17-7-11)15(21)18-9-12-2-1-5-16-8-12/h1-8,10H,9H2,(H,18,21)(H,19,20). The normalized spacial score (nSPS) is 10.5. The number of amides is 1. The zero-order chi connectivity index (χ0) is 15.1. The summed E-state index contributed by atoms with van der Waals surface area (Å²) in [4.78, 5) is 30.3. The number of carboxylic acid groups (broad SMARTS) is 1. The van der Waals surface area contributed by atoms with E-state index < -0.39 is 5.97 Å². The number of hydrogen-bond donors (Lipinski definition) is 2. The summed E-state index contributed by atoms with van der Waals surface area (Å²) in [5, 5.41) is 11.3. The summed E-state index contributed by atoms with van der Waals surface area (Å²) in [5.74, 6) is -1.33. The van der Waals surface area contributed by atoms with E-state index in [-0.39, 0.29) is 5.91 Å². The lowest BCUT2D eigenvalue weighted by Crippen LogP contribution is -2.23. The van der Waals surface area contributed by atoms with Gasteiger partial charge in [-0.1, -0.05) is 6.07 Å². The van der Waals surface area contributed by atoms with Gasteiger partial charge in [0.2, 0.25) is 0 Å². The molecule has 6 nitrogen and oxygen atoms in total. The van der Waals surface area contributed by atoms with Crippen molar-refractivity contribution in [2.75, 3.05) is 0 Å². The maximum Gasteiger partial charge on any atom is 0.328 e. The predicted octanol–water partition coefficient (Wildman–Crippen LogP) is 1.50. The van der Waals surface area contributed by atoms with Gasteiger partial charge in [0.15, 0.2) is 0 Å². The first-order chi connectivity index (χ1) is 10.1. The average molecular weight is 283 g/mol. The molecule has 0 saturated heterocycles. The predicted molar refractivity (Wildman–Crippen MR) is 76.3 cm³/mol. The van der Waals surface area contributed by atoms with Crippen molar-refractivity contribution >= 4 is 18.0 Å². The number of pyridine rings is 2. The molecule has 2 aromatic heterocycles. The van der Waals surface area contributed by atoms with Crippen LogP contribution in [0.5, 0.6) is 0 Å². The SMILES string of the molecule is O=C(O)C=Cc1cncc(C(=O)NCc2cccnc2)c1. The van der Waals surface area contributed by atoms with Gasteiger partial charge in [-0.15, -0.1) is 0 Å². The molecule has 6 heteroatoms. The van der Waals surface area contributed by atoms with Crippen LogP contribution < -0.4 is 5.32 Å². The molecule has 0 radical (unpaired) electrons. The van der Waals surface area contributed by atoms with Crippen LogP contribution in [0.1, 0.15) is 21.5 Å². The Morgan fingerprint density at radius 3 is 2.81 bits per heavy atom. The third-order valence-corrected chi connectivity index (χ3v) is 2.62. The first-order valence-electron chi connectivity index (χ1n) is 6.18. The van der Waals surface area contributed by atoms with E-state index in [4.69, 9.17) is 5.11 Å². The molecule has 2 heterocycles. The molecule has 0 unspecified atom stereocenters. The second-order valence-electron chi connectivity index (χ2n) is 4.22. The van der Waals surface area contributed by atoms with Gasteiger partial charge in [-0.3, -0.25) is 14.8 Å². The Labute approximate surface area is 121 Å². The fourth-order valence-electron chi connectivity index (χ4n) is 1.63. The van der Waals surface area contributed by atoms with E-state index in [0.717, 1.165) is 11.6 Å². The van der Waals surface area contributed by atoms with Gasteiger partial charge < -0.3 is 10.4 Å². The third kappa shape index (κ3) is 4.54. The molecular weight excluding hydrogens is 270 g/mol. The molecule has 0 fully saturated rings. The molecule has 0 aliphatic heterocycles. The number of carboxylic acids is 1. The largest absolute Gasteiger partial charge is 0.478 e. The molecule has 21 heavy (non-hydrogen) atoms. The molecule has 0 aliphatic rings. The van der Waals surface area contributed by atoms with E-state index >= 15 is 0 Å². The smallest absolute Gasteiger partial charge is 0.328 e. The van der Waals surface area contributed by atoms with E-state index in [9.17, 15) is 9.59 Å². The highest BCUT2D eigenvalue weighted by molar-refractivity contribution is 5.94. The van der Waals surface area contributed by atoms with Crippen LogP contribution >= 0.6 is 0 Å². The van der Waals surface area contributed by atoms with Crippen molar-refractivity contribution in [1.29, 1.82) is 0 Å². The molecule has 2 N–H and O–H groups in total. The quantitative estimate of drug-likeness (QED) is 0.811. The summed E-state index contributed by atoms with van der Waals surface area (Å²) in [7, 11) is 0. The summed E-state index contributed by atoms with van der Waals surface area (Å²) in [6.45, 7) is 0.363. The number of carbonyl (C=O) groups excluding carboxylic acids is 1.